The van der Waals surface area contributed by atoms with Crippen LogP contribution in [-0.4, -0.2) is 65.1 Å². The van der Waals surface area contributed by atoms with Crippen molar-refractivity contribution >= 4 is 28.7 Å². The van der Waals surface area contributed by atoms with E-state index >= 15 is 8.78 Å². The molecule has 0 radical (unpaired) electrons. The molecule has 49 heavy (non-hydrogen) atoms. The fraction of sp³-hybridized carbons (Fsp3) is 0.657. The molecule has 3 heterocycles. The second-order valence-electron chi connectivity index (χ2n) is 14.8. The van der Waals surface area contributed by atoms with Gasteiger partial charge in [-0.1, -0.05) is 34.1 Å². The Morgan fingerprint density at radius 3 is 2.45 bits per heavy atom. The molecule has 6 atom stereocenters. The summed E-state index contributed by atoms with van der Waals surface area (Å²) in [4.78, 5) is 46.0. The predicted octanol–water partition coefficient (Wildman–Crippen LogP) is 7.42. The maximum absolute atomic E-state index is 16.4. The van der Waals surface area contributed by atoms with E-state index in [1.54, 1.807) is 34.6 Å². The number of alkyl carbamates (subject to hydrolysis) is 1. The Morgan fingerprint density at radius 1 is 1.16 bits per heavy atom. The number of benzene rings is 1. The Morgan fingerprint density at radius 2 is 1.86 bits per heavy atom. The molecular formula is C35H44F5N3O6. The van der Waals surface area contributed by atoms with Crippen LogP contribution >= 0.6 is 0 Å². The number of nitrogens with zero attached hydrogens (tertiary/aromatic N) is 2. The van der Waals surface area contributed by atoms with Crippen LogP contribution in [0.3, 0.4) is 0 Å². The number of fused-ring (bicyclic) bond motifs is 5. The number of methoxy groups -OCH3 is 1. The van der Waals surface area contributed by atoms with Crippen LogP contribution in [0.4, 0.5) is 26.7 Å². The third-order valence-corrected chi connectivity index (χ3v) is 10.2. The Hall–Kier alpha value is -3.71. The van der Waals surface area contributed by atoms with Gasteiger partial charge in [-0.2, -0.15) is 13.2 Å². The SMILES string of the molecule is CCC1[C@@H]2CN(C(=O)[C@H](C(C)(C)C)NC(=O)O[C@]3(C)C[C@H]3CCCCC(F)(F)c3c(nc4cc(OC)ccc4c3C(F)(F)F)O2)[C@@H]1C(C)=O. The van der Waals surface area contributed by atoms with E-state index in [4.69, 9.17) is 14.2 Å². The van der Waals surface area contributed by atoms with Gasteiger partial charge in [-0.05, 0) is 57.1 Å². The number of halogens is 5. The van der Waals surface area contributed by atoms with Crippen molar-refractivity contribution in [3.05, 3.63) is 29.3 Å². The van der Waals surface area contributed by atoms with Gasteiger partial charge in [0, 0.05) is 29.7 Å². The maximum atomic E-state index is 16.4. The van der Waals surface area contributed by atoms with E-state index in [0.717, 1.165) is 6.07 Å². The van der Waals surface area contributed by atoms with Crippen molar-refractivity contribution in [1.29, 1.82) is 0 Å². The molecule has 1 N–H and O–H groups in total. The van der Waals surface area contributed by atoms with Crippen molar-refractivity contribution in [1.82, 2.24) is 15.2 Å². The van der Waals surface area contributed by atoms with Gasteiger partial charge in [0.1, 0.15) is 23.5 Å². The molecule has 1 aliphatic carbocycles. The molecule has 2 fully saturated rings. The molecule has 2 aliphatic heterocycles. The van der Waals surface area contributed by atoms with E-state index in [1.807, 2.05) is 0 Å². The van der Waals surface area contributed by atoms with Gasteiger partial charge in [-0.15, -0.1) is 0 Å². The quantitative estimate of drug-likeness (QED) is 0.333. The highest BCUT2D eigenvalue weighted by molar-refractivity contribution is 5.93. The number of nitrogens with one attached hydrogen (secondary N) is 1. The summed E-state index contributed by atoms with van der Waals surface area (Å²) in [7, 11) is 1.31. The minimum absolute atomic E-state index is 0.120. The smallest absolute Gasteiger partial charge is 0.417 e. The summed E-state index contributed by atoms with van der Waals surface area (Å²) < 4.78 is 94.5. The van der Waals surface area contributed by atoms with E-state index in [-0.39, 0.29) is 43.0 Å². The molecule has 1 aromatic carbocycles. The molecule has 1 saturated heterocycles. The van der Waals surface area contributed by atoms with Crippen molar-refractivity contribution in [2.75, 3.05) is 13.7 Å². The van der Waals surface area contributed by atoms with E-state index in [9.17, 15) is 27.6 Å². The summed E-state index contributed by atoms with van der Waals surface area (Å²) in [6, 6.07) is 1.24. The van der Waals surface area contributed by atoms with Gasteiger partial charge in [0.25, 0.3) is 5.92 Å². The lowest BCUT2D eigenvalue weighted by Gasteiger charge is -2.35. The molecular weight excluding hydrogens is 653 g/mol. The van der Waals surface area contributed by atoms with E-state index in [2.05, 4.69) is 10.3 Å². The van der Waals surface area contributed by atoms with Crippen molar-refractivity contribution in [2.45, 2.75) is 116 Å². The van der Waals surface area contributed by atoms with Crippen molar-refractivity contribution in [3.63, 3.8) is 0 Å². The molecule has 1 unspecified atom stereocenters. The van der Waals surface area contributed by atoms with Crippen LogP contribution in [0, 0.1) is 17.3 Å². The number of alkyl halides is 5. The van der Waals surface area contributed by atoms with Gasteiger partial charge >= 0.3 is 12.3 Å². The zero-order valence-electron chi connectivity index (χ0n) is 28.8. The zero-order valence-corrected chi connectivity index (χ0v) is 28.8. The third-order valence-electron chi connectivity index (χ3n) is 10.2. The molecule has 9 nitrogen and oxygen atoms in total. The van der Waals surface area contributed by atoms with Crippen LogP contribution in [0.1, 0.15) is 91.2 Å². The van der Waals surface area contributed by atoms with Crippen LogP contribution in [0.2, 0.25) is 0 Å². The van der Waals surface area contributed by atoms with Gasteiger partial charge < -0.3 is 24.4 Å². The fourth-order valence-corrected chi connectivity index (χ4v) is 7.45. The molecule has 5 rings (SSSR count). The van der Waals surface area contributed by atoms with Crippen LogP contribution in [-0.2, 0) is 26.4 Å². The van der Waals surface area contributed by atoms with Crippen LogP contribution in [0.25, 0.3) is 10.9 Å². The average molecular weight is 698 g/mol. The average Bonchev–Trinajstić information content (AvgIpc) is 3.47. The van der Waals surface area contributed by atoms with Gasteiger partial charge in [-0.3, -0.25) is 9.59 Å². The summed E-state index contributed by atoms with van der Waals surface area (Å²) in [6.45, 7) is 9.56. The second kappa shape index (κ2) is 12.9. The first-order chi connectivity index (χ1) is 22.7. The van der Waals surface area contributed by atoms with Crippen LogP contribution in [0.5, 0.6) is 11.6 Å². The number of ketones is 1. The standard InChI is InChI=1S/C35H44F5N3O6/c1-8-21-24-17-43(27(21)18(2)44)30(45)28(32(3,4)5)42-31(46)49-33(6)16-19(33)11-9-10-14-34(36,37)26-25(35(38,39)40)22-13-12-20(47-7)15-23(22)41-29(26)48-24/h12-13,15,19,21,24,27-28H,8-11,14,16-17H2,1-7H3,(H,42,46)/t19-,21?,24+,27-,28-,33-/m1/s1. The van der Waals surface area contributed by atoms with E-state index < -0.39 is 93.8 Å². The number of ether oxygens (including phenoxy) is 3. The molecule has 270 valence electrons. The molecule has 3 aliphatic rings. The molecule has 2 aromatic rings. The Labute approximate surface area is 282 Å². The number of carbonyl (C=O) groups is 3. The molecule has 1 aromatic heterocycles. The van der Waals surface area contributed by atoms with E-state index in [0.29, 0.717) is 12.8 Å². The lowest BCUT2D eigenvalue weighted by atomic mass is 9.85. The largest absolute Gasteiger partial charge is 0.497 e. The van der Waals surface area contributed by atoms with Gasteiger partial charge in [0.2, 0.25) is 11.8 Å². The highest BCUT2D eigenvalue weighted by Crippen LogP contribution is 2.52. The fourth-order valence-electron chi connectivity index (χ4n) is 7.45. The van der Waals surface area contributed by atoms with Crippen molar-refractivity contribution < 1.29 is 50.5 Å². The van der Waals surface area contributed by atoms with Crippen LogP contribution in [0.15, 0.2) is 18.2 Å². The molecule has 14 heteroatoms. The molecule has 1 saturated carbocycles. The predicted molar refractivity (Wildman–Crippen MR) is 169 cm³/mol. The highest BCUT2D eigenvalue weighted by atomic mass is 19.4. The summed E-state index contributed by atoms with van der Waals surface area (Å²) >= 11 is 0. The Balaban J connectivity index is 1.70. The topological polar surface area (TPSA) is 107 Å². The highest BCUT2D eigenvalue weighted by Gasteiger charge is 2.55. The normalized spacial score (nSPS) is 29.5. The monoisotopic (exact) mass is 697 g/mol. The number of rotatable bonds is 3. The number of hydrogen-bond acceptors (Lipinski definition) is 7. The minimum Gasteiger partial charge on any atom is -0.497 e. The first-order valence-corrected chi connectivity index (χ1v) is 16.7. The number of amides is 2. The zero-order chi connectivity index (χ0) is 36.3. The van der Waals surface area contributed by atoms with E-state index in [1.165, 1.54) is 31.1 Å². The molecule has 2 bridgehead atoms. The summed E-state index contributed by atoms with van der Waals surface area (Å²) in [5.74, 6) is -6.79. The second-order valence-corrected chi connectivity index (χ2v) is 14.8. The van der Waals surface area contributed by atoms with Crippen molar-refractivity contribution in [3.8, 4) is 11.6 Å². The molecule has 2 amide bonds. The van der Waals surface area contributed by atoms with Gasteiger partial charge in [-0.25, -0.2) is 18.6 Å². The number of Topliss-reactive ketones (excluding diaryl/α,β-unsaturated/α-hetero) is 1. The van der Waals surface area contributed by atoms with Crippen molar-refractivity contribution in [2.24, 2.45) is 17.3 Å². The summed E-state index contributed by atoms with van der Waals surface area (Å²) in [6.07, 6.45) is -6.93. The first-order valence-electron chi connectivity index (χ1n) is 16.7. The number of pyridine rings is 1. The Bertz CT molecular complexity index is 1630. The maximum Gasteiger partial charge on any atom is 0.417 e. The number of carbonyl (C=O) groups excluding carboxylic acids is 3. The summed E-state index contributed by atoms with van der Waals surface area (Å²) in [5, 5.41) is 2.16. The number of hydrogen-bond donors (Lipinski definition) is 1. The van der Waals surface area contributed by atoms with Crippen LogP contribution < -0.4 is 14.8 Å². The summed E-state index contributed by atoms with van der Waals surface area (Å²) in [5.41, 5.74) is -4.95. The molecule has 0 spiro atoms. The Kier molecular flexibility index (Phi) is 9.61. The van der Waals surface area contributed by atoms with Gasteiger partial charge in [0.15, 0.2) is 5.78 Å². The lowest BCUT2D eigenvalue weighted by molar-refractivity contribution is -0.141. The third kappa shape index (κ3) is 7.15. The first kappa shape index (κ1) is 36.6. The lowest BCUT2D eigenvalue weighted by Crippen LogP contribution is -2.57. The minimum atomic E-state index is -5.22. The number of aromatic nitrogens is 1. The van der Waals surface area contributed by atoms with Gasteiger partial charge in [0.05, 0.1) is 36.3 Å².